The summed E-state index contributed by atoms with van der Waals surface area (Å²) in [6, 6.07) is 23.9. The third-order valence-corrected chi connectivity index (χ3v) is 11.0. The Morgan fingerprint density at radius 3 is 2.08 bits per heavy atom. The highest BCUT2D eigenvalue weighted by Crippen LogP contribution is 2.44. The van der Waals surface area contributed by atoms with Crippen LogP contribution in [0.5, 0.6) is 0 Å². The summed E-state index contributed by atoms with van der Waals surface area (Å²) in [5.74, 6) is -3.66. The molecule has 0 aliphatic heterocycles. The van der Waals surface area contributed by atoms with E-state index in [4.69, 9.17) is 19.3 Å². The highest BCUT2D eigenvalue weighted by molar-refractivity contribution is 5.88. The van der Waals surface area contributed by atoms with Gasteiger partial charge in [-0.3, -0.25) is 19.2 Å². The zero-order chi connectivity index (χ0) is 44.8. The normalized spacial score (nSPS) is 12.9. The molecular formula is C45H56N6O11. The first-order valence-corrected chi connectivity index (χ1v) is 20.6. The molecule has 0 fully saturated rings. The minimum Gasteiger partial charge on any atom is -0.481 e. The monoisotopic (exact) mass is 856 g/mol. The van der Waals surface area contributed by atoms with Crippen molar-refractivity contribution in [2.24, 2.45) is 0 Å². The number of hydrogen-bond acceptors (Lipinski definition) is 10. The first-order valence-electron chi connectivity index (χ1n) is 20.6. The number of para-hydroxylation sites is 1. The van der Waals surface area contributed by atoms with Crippen molar-refractivity contribution >= 4 is 46.7 Å². The van der Waals surface area contributed by atoms with Crippen LogP contribution in [0, 0.1) is 0 Å². The molecule has 17 nitrogen and oxygen atoms in total. The van der Waals surface area contributed by atoms with Crippen molar-refractivity contribution in [1.82, 2.24) is 30.1 Å². The number of benzene rings is 3. The average molecular weight is 857 g/mol. The molecule has 5 rings (SSSR count). The fourth-order valence-electron chi connectivity index (χ4n) is 7.26. The van der Waals surface area contributed by atoms with Crippen LogP contribution in [0.3, 0.4) is 0 Å². The lowest BCUT2D eigenvalue weighted by atomic mass is 9.98. The lowest BCUT2D eigenvalue weighted by Crippen LogP contribution is -2.47. The van der Waals surface area contributed by atoms with Crippen LogP contribution < -0.4 is 10.6 Å². The lowest BCUT2D eigenvalue weighted by Gasteiger charge is -2.28. The van der Waals surface area contributed by atoms with E-state index in [1.165, 1.54) is 19.0 Å². The first kappa shape index (κ1) is 46.8. The highest BCUT2D eigenvalue weighted by atomic mass is 16.6. The quantitative estimate of drug-likeness (QED) is 0.0581. The molecule has 0 saturated carbocycles. The molecule has 1 aliphatic rings. The molecule has 2 atom stereocenters. The van der Waals surface area contributed by atoms with Gasteiger partial charge in [0, 0.05) is 64.2 Å². The first-order chi connectivity index (χ1) is 29.8. The van der Waals surface area contributed by atoms with Gasteiger partial charge in [0.2, 0.25) is 17.7 Å². The molecule has 0 saturated heterocycles. The van der Waals surface area contributed by atoms with Crippen LogP contribution in [-0.2, 0) is 51.3 Å². The molecular weight excluding hydrogens is 801 g/mol. The zero-order valence-electron chi connectivity index (χ0n) is 35.6. The summed E-state index contributed by atoms with van der Waals surface area (Å²) in [6.07, 6.45) is -0.973. The molecule has 0 radical (unpaired) electrons. The Balaban J connectivity index is 1.09. The van der Waals surface area contributed by atoms with Crippen LogP contribution in [0.1, 0.15) is 55.3 Å². The number of carbonyl (C=O) groups is 6. The Bertz CT molecular complexity index is 2160. The summed E-state index contributed by atoms with van der Waals surface area (Å²) >= 11 is 0. The van der Waals surface area contributed by atoms with Crippen molar-refractivity contribution in [3.8, 4) is 11.1 Å². The molecule has 1 heterocycles. The van der Waals surface area contributed by atoms with Gasteiger partial charge in [-0.1, -0.05) is 66.7 Å². The molecule has 4 amide bonds. The number of likely N-dealkylation sites (N-methyl/N-ethyl adjacent to an activating group) is 1. The predicted octanol–water partition coefficient (Wildman–Crippen LogP) is 4.08. The Kier molecular flexibility index (Phi) is 17.0. The smallest absolute Gasteiger partial charge is 0.424 e. The second-order valence-electron chi connectivity index (χ2n) is 15.1. The van der Waals surface area contributed by atoms with Crippen LogP contribution in [0.2, 0.25) is 0 Å². The summed E-state index contributed by atoms with van der Waals surface area (Å²) in [7, 11) is 4.83. The number of fused-ring (bicyclic) bond motifs is 4. The molecule has 0 spiro atoms. The Morgan fingerprint density at radius 1 is 0.790 bits per heavy atom. The number of carboxylic acids is 2. The predicted molar refractivity (Wildman–Crippen MR) is 229 cm³/mol. The van der Waals surface area contributed by atoms with Gasteiger partial charge in [-0.05, 0) is 53.1 Å². The SMILES string of the molecule is C[C@@H](C(=O)O)N(C)C(=O)CCOCCOCCNC(=O)[C@@H](CCC(=O)O)NC(=O)CCn1c(CN(C)N(C)C(=O)OCC2c3ccccc3-c3ccccc32)cc2ccccc21. The van der Waals surface area contributed by atoms with Gasteiger partial charge in [-0.2, -0.15) is 0 Å². The highest BCUT2D eigenvalue weighted by Gasteiger charge is 2.30. The number of nitrogens with zero attached hydrogens (tertiary/aromatic N) is 4. The number of ether oxygens (including phenoxy) is 3. The third kappa shape index (κ3) is 12.4. The molecule has 4 N–H and O–H groups in total. The molecule has 0 unspecified atom stereocenters. The van der Waals surface area contributed by atoms with Gasteiger partial charge < -0.3 is 44.5 Å². The topological polar surface area (TPSA) is 209 Å². The number of aliphatic carboxylic acids is 2. The number of hydrazine groups is 1. The van der Waals surface area contributed by atoms with Gasteiger partial charge >= 0.3 is 18.0 Å². The molecule has 1 aliphatic carbocycles. The fourth-order valence-corrected chi connectivity index (χ4v) is 7.26. The number of carboxylic acid groups (broad SMARTS) is 2. The Hall–Kier alpha value is -6.30. The van der Waals surface area contributed by atoms with Gasteiger partial charge in [0.05, 0.1) is 39.4 Å². The molecule has 4 aromatic rings. The molecule has 62 heavy (non-hydrogen) atoms. The third-order valence-electron chi connectivity index (χ3n) is 11.0. The van der Waals surface area contributed by atoms with Crippen molar-refractivity contribution in [3.05, 3.63) is 95.7 Å². The van der Waals surface area contributed by atoms with E-state index in [1.807, 2.05) is 59.2 Å². The van der Waals surface area contributed by atoms with Crippen LogP contribution in [0.4, 0.5) is 4.79 Å². The number of carbonyl (C=O) groups excluding carboxylic acids is 4. The van der Waals surface area contributed by atoms with Gasteiger partial charge in [0.25, 0.3) is 0 Å². The van der Waals surface area contributed by atoms with Crippen molar-refractivity contribution in [2.75, 3.05) is 60.7 Å². The largest absolute Gasteiger partial charge is 0.481 e. The Labute approximate surface area is 360 Å². The average Bonchev–Trinajstić information content (AvgIpc) is 3.78. The van der Waals surface area contributed by atoms with E-state index in [0.29, 0.717) is 6.54 Å². The molecule has 17 heteroatoms. The van der Waals surface area contributed by atoms with Crippen molar-refractivity contribution in [3.63, 3.8) is 0 Å². The van der Waals surface area contributed by atoms with Crippen molar-refractivity contribution < 1.29 is 53.2 Å². The molecule has 0 bridgehead atoms. The van der Waals surface area contributed by atoms with E-state index in [9.17, 15) is 33.9 Å². The van der Waals surface area contributed by atoms with Gasteiger partial charge in [0.15, 0.2) is 0 Å². The van der Waals surface area contributed by atoms with E-state index in [-0.39, 0.29) is 83.6 Å². The maximum Gasteiger partial charge on any atom is 0.424 e. The standard InChI is InChI=1S/C45H56N6O11/c1-30(44(57)58)49(3)41(53)20-23-60-25-26-61-24-21-46-43(56)38(17-18-42(54)55)47-40(52)19-22-51-32(27-31-11-5-10-16-39(31)51)28-48(2)50(4)45(59)62-29-37-35-14-8-6-12-33(35)34-13-7-9-15-36(34)37/h5-16,27,30,37-38H,17-26,28-29H2,1-4H3,(H,46,56)(H,47,52)(H,54,55)(H,57,58)/t30-,38+/m0/s1. The molecule has 3 aromatic carbocycles. The summed E-state index contributed by atoms with van der Waals surface area (Å²) in [4.78, 5) is 75.5. The van der Waals surface area contributed by atoms with Crippen molar-refractivity contribution in [2.45, 2.75) is 63.7 Å². The second kappa shape index (κ2) is 22.5. The molecule has 332 valence electrons. The number of aromatic nitrogens is 1. The number of nitrogens with one attached hydrogen (secondary N) is 2. The summed E-state index contributed by atoms with van der Waals surface area (Å²) < 4.78 is 18.7. The van der Waals surface area contributed by atoms with Gasteiger partial charge in [0.1, 0.15) is 18.7 Å². The Morgan fingerprint density at radius 2 is 1.42 bits per heavy atom. The van der Waals surface area contributed by atoms with Gasteiger partial charge in [-0.15, -0.1) is 0 Å². The van der Waals surface area contributed by atoms with E-state index in [2.05, 4.69) is 34.9 Å². The van der Waals surface area contributed by atoms with Crippen LogP contribution >= 0.6 is 0 Å². The maximum absolute atomic E-state index is 13.4. The summed E-state index contributed by atoms with van der Waals surface area (Å²) in [6.45, 7) is 2.76. The van der Waals surface area contributed by atoms with Crippen LogP contribution in [0.25, 0.3) is 22.0 Å². The van der Waals surface area contributed by atoms with Crippen LogP contribution in [0.15, 0.2) is 78.9 Å². The maximum atomic E-state index is 13.4. The zero-order valence-corrected chi connectivity index (χ0v) is 35.6. The van der Waals surface area contributed by atoms with E-state index in [0.717, 1.165) is 43.8 Å². The van der Waals surface area contributed by atoms with E-state index < -0.39 is 41.9 Å². The summed E-state index contributed by atoms with van der Waals surface area (Å²) in [5.41, 5.74) is 6.23. The fraction of sp³-hybridized carbons (Fsp3) is 0.422. The van der Waals surface area contributed by atoms with Crippen molar-refractivity contribution in [1.29, 1.82) is 0 Å². The number of aryl methyl sites for hydroxylation is 1. The minimum absolute atomic E-state index is 0.0114. The number of amides is 4. The van der Waals surface area contributed by atoms with Crippen LogP contribution in [-0.4, -0.2) is 138 Å². The van der Waals surface area contributed by atoms with E-state index in [1.54, 1.807) is 19.1 Å². The summed E-state index contributed by atoms with van der Waals surface area (Å²) in [5, 5.41) is 27.8. The number of rotatable bonds is 24. The lowest BCUT2D eigenvalue weighted by molar-refractivity contribution is -0.148. The van der Waals surface area contributed by atoms with Gasteiger partial charge in [-0.25, -0.2) is 19.6 Å². The van der Waals surface area contributed by atoms with E-state index >= 15 is 0 Å². The minimum atomic E-state index is -1.11. The molecule has 1 aromatic heterocycles. The number of hydrogen-bond donors (Lipinski definition) is 4. The second-order valence-corrected chi connectivity index (χ2v) is 15.1.